The van der Waals surface area contributed by atoms with Crippen LogP contribution in [-0.4, -0.2) is 36.2 Å². The molecule has 1 aliphatic heterocycles. The molecule has 1 atom stereocenters. The van der Waals surface area contributed by atoms with Crippen molar-refractivity contribution in [2.75, 3.05) is 13.2 Å². The lowest BCUT2D eigenvalue weighted by Gasteiger charge is -2.37. The molecule has 1 aliphatic rings. The van der Waals surface area contributed by atoms with Gasteiger partial charge in [-0.3, -0.25) is 4.79 Å². The monoisotopic (exact) mass is 319 g/mol. The van der Waals surface area contributed by atoms with E-state index in [1.165, 1.54) is 0 Å². The Balaban J connectivity index is 2.21. The smallest absolute Gasteiger partial charge is 0.326 e. The van der Waals surface area contributed by atoms with Gasteiger partial charge < -0.3 is 15.2 Å². The molecule has 5 heteroatoms. The first-order valence-electron chi connectivity index (χ1n) is 8.27. The van der Waals surface area contributed by atoms with Crippen molar-refractivity contribution in [1.82, 2.24) is 5.32 Å². The van der Waals surface area contributed by atoms with Crippen molar-refractivity contribution in [2.45, 2.75) is 50.5 Å². The summed E-state index contributed by atoms with van der Waals surface area (Å²) in [7, 11) is 0. The second kappa shape index (κ2) is 8.11. The van der Waals surface area contributed by atoms with Crippen molar-refractivity contribution >= 4 is 11.9 Å². The van der Waals surface area contributed by atoms with Crippen molar-refractivity contribution < 1.29 is 19.4 Å². The molecule has 1 unspecified atom stereocenters. The molecule has 1 fully saturated rings. The van der Waals surface area contributed by atoms with E-state index < -0.39 is 17.4 Å². The number of nitrogens with one attached hydrogen (secondary N) is 1. The summed E-state index contributed by atoms with van der Waals surface area (Å²) in [5.74, 6) is -1.17. The number of hydrogen-bond acceptors (Lipinski definition) is 3. The molecule has 23 heavy (non-hydrogen) atoms. The molecule has 2 N–H and O–H groups in total. The molecule has 0 bridgehead atoms. The summed E-state index contributed by atoms with van der Waals surface area (Å²) in [4.78, 5) is 24.4. The molecule has 0 radical (unpaired) electrons. The van der Waals surface area contributed by atoms with Gasteiger partial charge in [-0.25, -0.2) is 4.79 Å². The molecule has 0 aliphatic carbocycles. The van der Waals surface area contributed by atoms with E-state index in [9.17, 15) is 14.7 Å². The minimum Gasteiger partial charge on any atom is -0.480 e. The van der Waals surface area contributed by atoms with Crippen LogP contribution in [0.2, 0.25) is 0 Å². The van der Waals surface area contributed by atoms with E-state index in [2.05, 4.69) is 5.32 Å². The van der Waals surface area contributed by atoms with Crippen LogP contribution < -0.4 is 5.32 Å². The van der Waals surface area contributed by atoms with Crippen LogP contribution in [0.4, 0.5) is 0 Å². The molecule has 126 valence electrons. The maximum atomic E-state index is 13.0. The second-order valence-corrected chi connectivity index (χ2v) is 6.07. The van der Waals surface area contributed by atoms with Gasteiger partial charge in [-0.05, 0) is 24.8 Å². The maximum Gasteiger partial charge on any atom is 0.326 e. The van der Waals surface area contributed by atoms with Crippen molar-refractivity contribution in [3.05, 3.63) is 35.9 Å². The summed E-state index contributed by atoms with van der Waals surface area (Å²) in [5.41, 5.74) is 0.236. The van der Waals surface area contributed by atoms with Gasteiger partial charge in [0.05, 0.1) is 5.41 Å². The predicted octanol–water partition coefficient (Wildman–Crippen LogP) is 2.49. The summed E-state index contributed by atoms with van der Waals surface area (Å²) >= 11 is 0. The highest BCUT2D eigenvalue weighted by Gasteiger charge is 2.42. The maximum absolute atomic E-state index is 13.0. The molecule has 1 saturated heterocycles. The van der Waals surface area contributed by atoms with Crippen LogP contribution in [0.1, 0.15) is 44.6 Å². The Morgan fingerprint density at radius 3 is 2.48 bits per heavy atom. The Hall–Kier alpha value is -1.88. The van der Waals surface area contributed by atoms with Crippen LogP contribution in [0.5, 0.6) is 0 Å². The highest BCUT2D eigenvalue weighted by atomic mass is 16.5. The molecule has 1 aromatic rings. The van der Waals surface area contributed by atoms with Crippen molar-refractivity contribution in [2.24, 2.45) is 0 Å². The van der Waals surface area contributed by atoms with Gasteiger partial charge in [0, 0.05) is 13.2 Å². The lowest BCUT2D eigenvalue weighted by molar-refractivity contribution is -0.144. The second-order valence-electron chi connectivity index (χ2n) is 6.07. The first-order valence-corrected chi connectivity index (χ1v) is 8.27. The van der Waals surface area contributed by atoms with Crippen LogP contribution in [0.3, 0.4) is 0 Å². The highest BCUT2D eigenvalue weighted by molar-refractivity contribution is 5.91. The molecular formula is C18H25NO4. The first kappa shape index (κ1) is 17.5. The lowest BCUT2D eigenvalue weighted by Crippen LogP contribution is -2.52. The third-order valence-corrected chi connectivity index (χ3v) is 4.56. The SMILES string of the molecule is CCCCC(NC(=O)C1(c2ccccc2)CCOCC1)C(=O)O. The number of carbonyl (C=O) groups is 2. The largest absolute Gasteiger partial charge is 0.480 e. The molecule has 0 spiro atoms. The van der Waals surface area contributed by atoms with E-state index in [1.807, 2.05) is 37.3 Å². The normalized spacial score (nSPS) is 18.1. The van der Waals surface area contributed by atoms with Crippen molar-refractivity contribution in [1.29, 1.82) is 0 Å². The number of carboxylic acid groups (broad SMARTS) is 1. The van der Waals surface area contributed by atoms with E-state index in [0.29, 0.717) is 32.5 Å². The van der Waals surface area contributed by atoms with Crippen LogP contribution >= 0.6 is 0 Å². The molecule has 0 aromatic heterocycles. The molecular weight excluding hydrogens is 294 g/mol. The fourth-order valence-electron chi connectivity index (χ4n) is 3.09. The van der Waals surface area contributed by atoms with Gasteiger partial charge in [-0.2, -0.15) is 0 Å². The summed E-state index contributed by atoms with van der Waals surface area (Å²) in [6.07, 6.45) is 3.28. The average Bonchev–Trinajstić information content (AvgIpc) is 2.59. The molecule has 1 amide bonds. The highest BCUT2D eigenvalue weighted by Crippen LogP contribution is 2.35. The van der Waals surface area contributed by atoms with Crippen LogP contribution in [-0.2, 0) is 19.7 Å². The minimum absolute atomic E-state index is 0.199. The van der Waals surface area contributed by atoms with Crippen LogP contribution in [0.25, 0.3) is 0 Å². The predicted molar refractivity (Wildman–Crippen MR) is 87.3 cm³/mol. The summed E-state index contributed by atoms with van der Waals surface area (Å²) in [5, 5.41) is 12.1. The zero-order valence-corrected chi connectivity index (χ0v) is 13.6. The van der Waals surface area contributed by atoms with Gasteiger partial charge in [0.2, 0.25) is 5.91 Å². The third kappa shape index (κ3) is 4.10. The number of hydrogen-bond donors (Lipinski definition) is 2. The van der Waals surface area contributed by atoms with Crippen LogP contribution in [0.15, 0.2) is 30.3 Å². The Bertz CT molecular complexity index is 523. The topological polar surface area (TPSA) is 75.6 Å². The van der Waals surface area contributed by atoms with E-state index in [0.717, 1.165) is 18.4 Å². The van der Waals surface area contributed by atoms with Gasteiger partial charge in [-0.1, -0.05) is 50.1 Å². The number of amides is 1. The Kier molecular flexibility index (Phi) is 6.16. The summed E-state index contributed by atoms with van der Waals surface area (Å²) < 4.78 is 5.42. The van der Waals surface area contributed by atoms with Gasteiger partial charge in [0.15, 0.2) is 0 Å². The molecule has 1 heterocycles. The Labute approximate surface area is 137 Å². The Morgan fingerprint density at radius 1 is 1.26 bits per heavy atom. The van der Waals surface area contributed by atoms with Crippen molar-refractivity contribution in [3.8, 4) is 0 Å². The number of aliphatic carboxylic acids is 1. The molecule has 5 nitrogen and oxygen atoms in total. The summed E-state index contributed by atoms with van der Waals surface area (Å²) in [6.45, 7) is 3.02. The fourth-order valence-corrected chi connectivity index (χ4v) is 3.09. The van der Waals surface area contributed by atoms with Crippen LogP contribution in [0, 0.1) is 0 Å². The standard InChI is InChI=1S/C18H25NO4/c1-2-3-9-15(16(20)21)19-17(22)18(10-12-23-13-11-18)14-7-5-4-6-8-14/h4-8,15H,2-3,9-13H2,1H3,(H,19,22)(H,20,21). The number of carboxylic acids is 1. The number of carbonyl (C=O) groups excluding carboxylic acids is 1. The van der Waals surface area contributed by atoms with Gasteiger partial charge >= 0.3 is 5.97 Å². The average molecular weight is 319 g/mol. The van der Waals surface area contributed by atoms with E-state index in [1.54, 1.807) is 0 Å². The molecule has 1 aromatic carbocycles. The number of ether oxygens (including phenoxy) is 1. The lowest BCUT2D eigenvalue weighted by atomic mass is 9.73. The third-order valence-electron chi connectivity index (χ3n) is 4.56. The Morgan fingerprint density at radius 2 is 1.91 bits per heavy atom. The van der Waals surface area contributed by atoms with E-state index in [4.69, 9.17) is 4.74 Å². The van der Waals surface area contributed by atoms with Gasteiger partial charge in [0.25, 0.3) is 0 Å². The fraction of sp³-hybridized carbons (Fsp3) is 0.556. The number of rotatable bonds is 7. The first-order chi connectivity index (χ1) is 11.1. The van der Waals surface area contributed by atoms with Crippen molar-refractivity contribution in [3.63, 3.8) is 0 Å². The van der Waals surface area contributed by atoms with Gasteiger partial charge in [0.1, 0.15) is 6.04 Å². The zero-order chi connectivity index (χ0) is 16.7. The number of benzene rings is 1. The number of unbranched alkanes of at least 4 members (excludes halogenated alkanes) is 1. The summed E-state index contributed by atoms with van der Waals surface area (Å²) in [6, 6.07) is 8.78. The quantitative estimate of drug-likeness (QED) is 0.809. The molecule has 0 saturated carbocycles. The minimum atomic E-state index is -0.970. The van der Waals surface area contributed by atoms with E-state index in [-0.39, 0.29) is 5.91 Å². The zero-order valence-electron chi connectivity index (χ0n) is 13.6. The van der Waals surface area contributed by atoms with Gasteiger partial charge in [-0.15, -0.1) is 0 Å². The van der Waals surface area contributed by atoms with E-state index >= 15 is 0 Å². The molecule has 2 rings (SSSR count).